The largest absolute Gasteiger partial charge is 0.447 e. The van der Waals surface area contributed by atoms with Gasteiger partial charge in [0.25, 0.3) is 0 Å². The smallest absolute Gasteiger partial charge is 0.407 e. The molecule has 5 atom stereocenters. The molecule has 0 fully saturated rings. The highest BCUT2D eigenvalue weighted by molar-refractivity contribution is 5.92. The van der Waals surface area contributed by atoms with Gasteiger partial charge in [0.2, 0.25) is 17.7 Å². The third kappa shape index (κ3) is 15.9. The standard InChI is InChI=1S/C38H60N4O8/c1-8-27(6)24-39-35(44)23-34(43)31(20-25(2)3)40-36(45)32(21-26(4)5)41-37(46)33(42-38(47)50-19-18-49-17-16-48-7)22-29-14-11-13-28-12-9-10-15-30(28)29/h9-15,25-27,31-34,43H,8,16-24H2,1-7H3,(H,39,44)(H,40,45)(H,41,46)(H,42,47)/t27?,31?,32-,33-,34?/m0/s1. The lowest BCUT2D eigenvalue weighted by atomic mass is 9.95. The number of aliphatic hydroxyl groups excluding tert-OH is 1. The summed E-state index contributed by atoms with van der Waals surface area (Å²) in [5.41, 5.74) is 0.836. The second kappa shape index (κ2) is 22.9. The number of hydrogen-bond acceptors (Lipinski definition) is 8. The number of amides is 4. The topological polar surface area (TPSA) is 164 Å². The first-order chi connectivity index (χ1) is 23.8. The Morgan fingerprint density at radius 3 is 2.12 bits per heavy atom. The molecule has 0 aliphatic rings. The molecule has 0 saturated carbocycles. The lowest BCUT2D eigenvalue weighted by Crippen LogP contribution is -2.57. The van der Waals surface area contributed by atoms with Gasteiger partial charge in [-0.3, -0.25) is 14.4 Å². The molecule has 2 rings (SSSR count). The fraction of sp³-hybridized carbons (Fsp3) is 0.632. The van der Waals surface area contributed by atoms with Crippen molar-refractivity contribution in [2.45, 2.75) is 97.9 Å². The van der Waals surface area contributed by atoms with Crippen molar-refractivity contribution in [2.75, 3.05) is 40.1 Å². The minimum atomic E-state index is -1.12. The molecule has 4 amide bonds. The van der Waals surface area contributed by atoms with E-state index in [1.807, 2.05) is 84.0 Å². The van der Waals surface area contributed by atoms with Crippen molar-refractivity contribution in [2.24, 2.45) is 17.8 Å². The van der Waals surface area contributed by atoms with E-state index >= 15 is 0 Å². The molecule has 0 bridgehead atoms. The highest BCUT2D eigenvalue weighted by Gasteiger charge is 2.32. The van der Waals surface area contributed by atoms with E-state index in [4.69, 9.17) is 14.2 Å². The number of benzene rings is 2. The Bertz CT molecular complexity index is 1330. The van der Waals surface area contributed by atoms with Crippen LogP contribution in [0.4, 0.5) is 4.79 Å². The van der Waals surface area contributed by atoms with Crippen molar-refractivity contribution in [3.63, 3.8) is 0 Å². The highest BCUT2D eigenvalue weighted by atomic mass is 16.6. The summed E-state index contributed by atoms with van der Waals surface area (Å²) in [5, 5.41) is 24.3. The summed E-state index contributed by atoms with van der Waals surface area (Å²) in [5.74, 6) is -0.874. The Labute approximate surface area is 297 Å². The quantitative estimate of drug-likeness (QED) is 0.108. The molecule has 2 aromatic rings. The number of aliphatic hydroxyl groups is 1. The molecule has 280 valence electrons. The van der Waals surface area contributed by atoms with Crippen LogP contribution in [0.5, 0.6) is 0 Å². The number of nitrogens with one attached hydrogen (secondary N) is 4. The lowest BCUT2D eigenvalue weighted by molar-refractivity contribution is -0.131. The summed E-state index contributed by atoms with van der Waals surface area (Å²) in [6.07, 6.45) is -0.279. The number of carbonyl (C=O) groups excluding carboxylic acids is 4. The summed E-state index contributed by atoms with van der Waals surface area (Å²) in [6, 6.07) is 10.8. The molecule has 0 aliphatic carbocycles. The molecule has 0 spiro atoms. The predicted octanol–water partition coefficient (Wildman–Crippen LogP) is 4.12. The summed E-state index contributed by atoms with van der Waals surface area (Å²) in [6.45, 7) is 13.3. The second-order valence-corrected chi connectivity index (χ2v) is 13.8. The molecule has 2 aromatic carbocycles. The van der Waals surface area contributed by atoms with Gasteiger partial charge >= 0.3 is 6.09 Å². The maximum absolute atomic E-state index is 14.0. The SMILES string of the molecule is CCC(C)CNC(=O)CC(O)C(CC(C)C)NC(=O)[C@H](CC(C)C)NC(=O)[C@H](Cc1cccc2ccccc12)NC(=O)OCCOCCOC. The number of methoxy groups -OCH3 is 1. The van der Waals surface area contributed by atoms with Gasteiger partial charge in [0, 0.05) is 20.1 Å². The molecular weight excluding hydrogens is 640 g/mol. The molecule has 5 N–H and O–H groups in total. The van der Waals surface area contributed by atoms with E-state index in [0.29, 0.717) is 38.5 Å². The molecule has 3 unspecified atom stereocenters. The van der Waals surface area contributed by atoms with E-state index in [-0.39, 0.29) is 43.8 Å². The van der Waals surface area contributed by atoms with Crippen molar-refractivity contribution < 1.29 is 38.5 Å². The molecule has 0 heterocycles. The van der Waals surface area contributed by atoms with E-state index in [2.05, 4.69) is 21.3 Å². The van der Waals surface area contributed by atoms with Crippen molar-refractivity contribution in [3.05, 3.63) is 48.0 Å². The lowest BCUT2D eigenvalue weighted by Gasteiger charge is -2.29. The first-order valence-corrected chi connectivity index (χ1v) is 17.9. The first-order valence-electron chi connectivity index (χ1n) is 17.9. The van der Waals surface area contributed by atoms with E-state index in [9.17, 15) is 24.3 Å². The number of hydrogen-bond donors (Lipinski definition) is 5. The summed E-state index contributed by atoms with van der Waals surface area (Å²) < 4.78 is 15.6. The van der Waals surface area contributed by atoms with E-state index < -0.39 is 42.1 Å². The fourth-order valence-electron chi connectivity index (χ4n) is 5.44. The number of rotatable bonds is 23. The first kappa shape index (κ1) is 42.4. The van der Waals surface area contributed by atoms with Crippen LogP contribution < -0.4 is 21.3 Å². The van der Waals surface area contributed by atoms with E-state index in [1.54, 1.807) is 7.11 Å². The van der Waals surface area contributed by atoms with Crippen LogP contribution in [0.25, 0.3) is 10.8 Å². The summed E-state index contributed by atoms with van der Waals surface area (Å²) in [4.78, 5) is 53.2. The van der Waals surface area contributed by atoms with Crippen LogP contribution in [0.1, 0.15) is 72.8 Å². The monoisotopic (exact) mass is 700 g/mol. The van der Waals surface area contributed by atoms with Gasteiger partial charge in [-0.1, -0.05) is 90.4 Å². The summed E-state index contributed by atoms with van der Waals surface area (Å²) in [7, 11) is 1.56. The zero-order valence-corrected chi connectivity index (χ0v) is 31.0. The Morgan fingerprint density at radius 1 is 0.780 bits per heavy atom. The van der Waals surface area contributed by atoms with Crippen molar-refractivity contribution >= 4 is 34.6 Å². The predicted molar refractivity (Wildman–Crippen MR) is 194 cm³/mol. The Morgan fingerprint density at radius 2 is 1.44 bits per heavy atom. The second-order valence-electron chi connectivity index (χ2n) is 13.8. The van der Waals surface area contributed by atoms with Gasteiger partial charge in [0.05, 0.1) is 38.4 Å². The van der Waals surface area contributed by atoms with Crippen LogP contribution in [0.15, 0.2) is 42.5 Å². The van der Waals surface area contributed by atoms with Gasteiger partial charge in [0.15, 0.2) is 0 Å². The number of fused-ring (bicyclic) bond motifs is 1. The maximum atomic E-state index is 14.0. The zero-order chi connectivity index (χ0) is 37.1. The maximum Gasteiger partial charge on any atom is 0.407 e. The molecule has 50 heavy (non-hydrogen) atoms. The van der Waals surface area contributed by atoms with Crippen molar-refractivity contribution in [1.82, 2.24) is 21.3 Å². The molecule has 0 aromatic heterocycles. The van der Waals surface area contributed by atoms with Gasteiger partial charge in [-0.25, -0.2) is 4.79 Å². The molecule has 12 nitrogen and oxygen atoms in total. The van der Waals surface area contributed by atoms with Crippen LogP contribution >= 0.6 is 0 Å². The Balaban J connectivity index is 2.24. The molecule has 0 aliphatic heterocycles. The minimum absolute atomic E-state index is 0.0221. The van der Waals surface area contributed by atoms with Crippen LogP contribution in [0.3, 0.4) is 0 Å². The third-order valence-electron chi connectivity index (χ3n) is 8.40. The highest BCUT2D eigenvalue weighted by Crippen LogP contribution is 2.20. The molecule has 0 radical (unpaired) electrons. The van der Waals surface area contributed by atoms with Gasteiger partial charge in [0.1, 0.15) is 18.7 Å². The molecule has 12 heteroatoms. The van der Waals surface area contributed by atoms with Crippen molar-refractivity contribution in [3.8, 4) is 0 Å². The minimum Gasteiger partial charge on any atom is -0.447 e. The number of ether oxygens (including phenoxy) is 3. The van der Waals surface area contributed by atoms with Gasteiger partial charge < -0.3 is 40.6 Å². The van der Waals surface area contributed by atoms with Crippen LogP contribution in [0, 0.1) is 17.8 Å². The zero-order valence-electron chi connectivity index (χ0n) is 31.0. The third-order valence-corrected chi connectivity index (χ3v) is 8.40. The Hall–Kier alpha value is -3.74. The van der Waals surface area contributed by atoms with Crippen LogP contribution in [-0.2, 0) is 35.0 Å². The summed E-state index contributed by atoms with van der Waals surface area (Å²) >= 11 is 0. The average molecular weight is 701 g/mol. The van der Waals surface area contributed by atoms with Gasteiger partial charge in [-0.2, -0.15) is 0 Å². The van der Waals surface area contributed by atoms with Crippen molar-refractivity contribution in [1.29, 1.82) is 0 Å². The van der Waals surface area contributed by atoms with E-state index in [0.717, 1.165) is 22.8 Å². The van der Waals surface area contributed by atoms with Gasteiger partial charge in [-0.05, 0) is 46.9 Å². The number of alkyl carbamates (subject to hydrolysis) is 1. The fourth-order valence-corrected chi connectivity index (χ4v) is 5.44. The Kier molecular flexibility index (Phi) is 19.4. The number of carbonyl (C=O) groups is 4. The normalized spacial score (nSPS) is 14.4. The molecule has 0 saturated heterocycles. The van der Waals surface area contributed by atoms with Crippen LogP contribution in [-0.4, -0.2) is 93.2 Å². The van der Waals surface area contributed by atoms with Gasteiger partial charge in [-0.15, -0.1) is 0 Å². The molecular formula is C38H60N4O8. The van der Waals surface area contributed by atoms with Crippen LogP contribution in [0.2, 0.25) is 0 Å². The van der Waals surface area contributed by atoms with E-state index in [1.165, 1.54) is 0 Å². The average Bonchev–Trinajstić information content (AvgIpc) is 3.07.